The van der Waals surface area contributed by atoms with Crippen LogP contribution in [0.4, 0.5) is 4.39 Å². The summed E-state index contributed by atoms with van der Waals surface area (Å²) >= 11 is 0. The van der Waals surface area contributed by atoms with Crippen LogP contribution in [0.1, 0.15) is 24.0 Å². The summed E-state index contributed by atoms with van der Waals surface area (Å²) in [6.45, 7) is 2.77. The van der Waals surface area contributed by atoms with E-state index in [1.807, 2.05) is 13.0 Å². The molecule has 90 valence electrons. The quantitative estimate of drug-likeness (QED) is 0.837. The van der Waals surface area contributed by atoms with Gasteiger partial charge in [0.1, 0.15) is 0 Å². The zero-order valence-corrected chi connectivity index (χ0v) is 9.92. The molecule has 1 unspecified atom stereocenters. The number of methoxy groups -OCH3 is 2. The number of hydrogen-bond donors (Lipinski definition) is 1. The molecule has 0 amide bonds. The van der Waals surface area contributed by atoms with E-state index in [9.17, 15) is 4.39 Å². The molecule has 0 aliphatic rings. The van der Waals surface area contributed by atoms with Crippen LogP contribution in [0.5, 0.6) is 5.75 Å². The highest BCUT2D eigenvalue weighted by atomic mass is 19.1. The fraction of sp³-hybridized carbons (Fsp3) is 0.500. The summed E-state index contributed by atoms with van der Waals surface area (Å²) in [4.78, 5) is 0. The number of hydrogen-bond acceptors (Lipinski definition) is 3. The van der Waals surface area contributed by atoms with Gasteiger partial charge >= 0.3 is 0 Å². The molecule has 1 rings (SSSR count). The molecular weight excluding hydrogens is 209 g/mol. The average Bonchev–Trinajstić information content (AvgIpc) is 2.27. The van der Waals surface area contributed by atoms with Gasteiger partial charge in [-0.1, -0.05) is 6.92 Å². The highest BCUT2D eigenvalue weighted by molar-refractivity contribution is 5.41. The minimum Gasteiger partial charge on any atom is -0.493 e. The third kappa shape index (κ3) is 2.71. The molecule has 1 aromatic rings. The van der Waals surface area contributed by atoms with E-state index in [1.54, 1.807) is 7.11 Å². The van der Waals surface area contributed by atoms with Crippen molar-refractivity contribution in [3.8, 4) is 5.75 Å². The van der Waals surface area contributed by atoms with Gasteiger partial charge in [0.15, 0.2) is 11.6 Å². The largest absolute Gasteiger partial charge is 0.493 e. The lowest BCUT2D eigenvalue weighted by atomic mass is 9.97. The molecular formula is C12H18FNO2. The molecule has 0 saturated carbocycles. The van der Waals surface area contributed by atoms with Crippen molar-refractivity contribution in [1.29, 1.82) is 0 Å². The normalized spacial score (nSPS) is 12.6. The smallest absolute Gasteiger partial charge is 0.165 e. The monoisotopic (exact) mass is 227 g/mol. The van der Waals surface area contributed by atoms with Crippen LogP contribution < -0.4 is 10.5 Å². The summed E-state index contributed by atoms with van der Waals surface area (Å²) in [5.74, 6) is -0.0357. The van der Waals surface area contributed by atoms with Crippen molar-refractivity contribution >= 4 is 0 Å². The Bertz CT molecular complexity index is 355. The van der Waals surface area contributed by atoms with Crippen molar-refractivity contribution in [2.45, 2.75) is 19.4 Å². The molecule has 0 radical (unpaired) electrons. The predicted octanol–water partition coefficient (Wildman–Crippen LogP) is 2.04. The Hall–Kier alpha value is -1.13. The molecule has 16 heavy (non-hydrogen) atoms. The van der Waals surface area contributed by atoms with Gasteiger partial charge in [0, 0.05) is 12.7 Å². The van der Waals surface area contributed by atoms with Gasteiger partial charge in [-0.15, -0.1) is 0 Å². The fourth-order valence-corrected chi connectivity index (χ4v) is 1.63. The SMILES string of the molecule is COCc1cc(F)c(OC)c(C(C)CN)c1. The van der Waals surface area contributed by atoms with Crippen LogP contribution in [0.3, 0.4) is 0 Å². The van der Waals surface area contributed by atoms with E-state index in [2.05, 4.69) is 0 Å². The zero-order valence-electron chi connectivity index (χ0n) is 9.92. The van der Waals surface area contributed by atoms with Crippen molar-refractivity contribution in [2.24, 2.45) is 5.73 Å². The van der Waals surface area contributed by atoms with E-state index in [-0.39, 0.29) is 17.5 Å². The van der Waals surface area contributed by atoms with Crippen molar-refractivity contribution in [2.75, 3.05) is 20.8 Å². The maximum atomic E-state index is 13.7. The molecule has 2 N–H and O–H groups in total. The standard InChI is InChI=1S/C12H18FNO2/c1-8(6-14)10-4-9(7-15-2)5-11(13)12(10)16-3/h4-5,8H,6-7,14H2,1-3H3. The Kier molecular flexibility index (Phi) is 4.71. The van der Waals surface area contributed by atoms with Gasteiger partial charge in [-0.2, -0.15) is 0 Å². The Morgan fingerprint density at radius 2 is 2.06 bits per heavy atom. The van der Waals surface area contributed by atoms with Gasteiger partial charge in [0.2, 0.25) is 0 Å². The molecule has 0 spiro atoms. The molecule has 0 aliphatic carbocycles. The Morgan fingerprint density at radius 1 is 1.38 bits per heavy atom. The topological polar surface area (TPSA) is 44.5 Å². The summed E-state index contributed by atoms with van der Waals surface area (Å²) in [6.07, 6.45) is 0. The summed E-state index contributed by atoms with van der Waals surface area (Å²) in [6, 6.07) is 3.30. The van der Waals surface area contributed by atoms with Crippen LogP contribution >= 0.6 is 0 Å². The summed E-state index contributed by atoms with van der Waals surface area (Å²) in [7, 11) is 3.04. The number of halogens is 1. The van der Waals surface area contributed by atoms with Gasteiger partial charge in [0.25, 0.3) is 0 Å². The zero-order chi connectivity index (χ0) is 12.1. The van der Waals surface area contributed by atoms with Crippen molar-refractivity contribution in [3.63, 3.8) is 0 Å². The fourth-order valence-electron chi connectivity index (χ4n) is 1.63. The molecule has 1 aromatic carbocycles. The summed E-state index contributed by atoms with van der Waals surface area (Å²) in [5, 5.41) is 0. The summed E-state index contributed by atoms with van der Waals surface area (Å²) < 4.78 is 23.8. The van der Waals surface area contributed by atoms with Crippen molar-refractivity contribution in [3.05, 3.63) is 29.1 Å². The second-order valence-corrected chi connectivity index (χ2v) is 3.77. The minimum atomic E-state index is -0.368. The maximum Gasteiger partial charge on any atom is 0.165 e. The van der Waals surface area contributed by atoms with E-state index < -0.39 is 0 Å². The van der Waals surface area contributed by atoms with Crippen LogP contribution in [0.15, 0.2) is 12.1 Å². The minimum absolute atomic E-state index is 0.0567. The van der Waals surface area contributed by atoms with Crippen molar-refractivity contribution < 1.29 is 13.9 Å². The van der Waals surface area contributed by atoms with Crippen molar-refractivity contribution in [1.82, 2.24) is 0 Å². The van der Waals surface area contributed by atoms with Gasteiger partial charge in [0.05, 0.1) is 13.7 Å². The number of benzene rings is 1. The number of nitrogens with two attached hydrogens (primary N) is 1. The molecule has 0 bridgehead atoms. The molecule has 0 fully saturated rings. The maximum absolute atomic E-state index is 13.7. The lowest BCUT2D eigenvalue weighted by molar-refractivity contribution is 0.184. The first-order valence-electron chi connectivity index (χ1n) is 5.19. The Morgan fingerprint density at radius 3 is 2.56 bits per heavy atom. The Labute approximate surface area is 95.4 Å². The van der Waals surface area contributed by atoms with Crippen LogP contribution in [0, 0.1) is 5.82 Å². The molecule has 1 atom stereocenters. The predicted molar refractivity (Wildman–Crippen MR) is 61.1 cm³/mol. The second-order valence-electron chi connectivity index (χ2n) is 3.77. The number of rotatable bonds is 5. The second kappa shape index (κ2) is 5.82. The molecule has 0 aromatic heterocycles. The molecule has 0 saturated heterocycles. The van der Waals surface area contributed by atoms with E-state index >= 15 is 0 Å². The third-order valence-corrected chi connectivity index (χ3v) is 2.53. The summed E-state index contributed by atoms with van der Waals surface area (Å²) in [5.41, 5.74) is 7.17. The first-order chi connectivity index (χ1) is 7.63. The van der Waals surface area contributed by atoms with Gasteiger partial charge in [-0.25, -0.2) is 4.39 Å². The first-order valence-corrected chi connectivity index (χ1v) is 5.19. The van der Waals surface area contributed by atoms with E-state index in [1.165, 1.54) is 13.2 Å². The lowest BCUT2D eigenvalue weighted by Crippen LogP contribution is -2.11. The highest BCUT2D eigenvalue weighted by Crippen LogP contribution is 2.30. The van der Waals surface area contributed by atoms with Crippen LogP contribution in [-0.4, -0.2) is 20.8 Å². The molecule has 3 nitrogen and oxygen atoms in total. The number of ether oxygens (including phenoxy) is 2. The van der Waals surface area contributed by atoms with E-state index in [4.69, 9.17) is 15.2 Å². The highest BCUT2D eigenvalue weighted by Gasteiger charge is 2.15. The van der Waals surface area contributed by atoms with Crippen LogP contribution in [0.2, 0.25) is 0 Å². The van der Waals surface area contributed by atoms with Gasteiger partial charge < -0.3 is 15.2 Å². The average molecular weight is 227 g/mol. The van der Waals surface area contributed by atoms with E-state index in [0.717, 1.165) is 11.1 Å². The van der Waals surface area contributed by atoms with E-state index in [0.29, 0.717) is 13.2 Å². The first kappa shape index (κ1) is 12.9. The van der Waals surface area contributed by atoms with Crippen LogP contribution in [0.25, 0.3) is 0 Å². The van der Waals surface area contributed by atoms with Gasteiger partial charge in [-0.3, -0.25) is 0 Å². The van der Waals surface area contributed by atoms with Gasteiger partial charge in [-0.05, 0) is 30.2 Å². The molecule has 0 heterocycles. The lowest BCUT2D eigenvalue weighted by Gasteiger charge is -2.16. The van der Waals surface area contributed by atoms with Crippen LogP contribution in [-0.2, 0) is 11.3 Å². The Balaban J connectivity index is 3.19. The molecule has 4 heteroatoms. The third-order valence-electron chi connectivity index (χ3n) is 2.53. The molecule has 0 aliphatic heterocycles.